The molecule has 0 radical (unpaired) electrons. The summed E-state index contributed by atoms with van der Waals surface area (Å²) in [5, 5.41) is 10.1. The Labute approximate surface area is 124 Å². The molecule has 1 aromatic carbocycles. The van der Waals surface area contributed by atoms with E-state index in [0.717, 1.165) is 12.8 Å². The number of halogens is 3. The lowest BCUT2D eigenvalue weighted by molar-refractivity contribution is -0.148. The molecule has 1 aromatic rings. The third kappa shape index (κ3) is 6.96. The lowest BCUT2D eigenvalue weighted by atomic mass is 10.0. The molecule has 0 saturated carbocycles. The SMILES string of the molecule is CCCc1ccc(C(O)CN(CCC)CC(F)(F)F)cc1. The summed E-state index contributed by atoms with van der Waals surface area (Å²) in [6.07, 6.45) is -2.50. The normalized spacial score (nSPS) is 13.7. The van der Waals surface area contributed by atoms with Crippen molar-refractivity contribution in [1.29, 1.82) is 0 Å². The van der Waals surface area contributed by atoms with Crippen LogP contribution in [0, 0.1) is 0 Å². The Morgan fingerprint density at radius 3 is 2.19 bits per heavy atom. The largest absolute Gasteiger partial charge is 0.401 e. The van der Waals surface area contributed by atoms with Crippen LogP contribution in [-0.2, 0) is 6.42 Å². The van der Waals surface area contributed by atoms with Crippen molar-refractivity contribution in [3.8, 4) is 0 Å². The van der Waals surface area contributed by atoms with Crippen LogP contribution in [0.1, 0.15) is 43.9 Å². The monoisotopic (exact) mass is 303 g/mol. The van der Waals surface area contributed by atoms with Gasteiger partial charge in [0.1, 0.15) is 0 Å². The standard InChI is InChI=1S/C16H24F3NO/c1-3-5-13-6-8-14(9-7-13)15(21)11-20(10-4-2)12-16(17,18)19/h6-9,15,21H,3-5,10-12H2,1-2H3. The van der Waals surface area contributed by atoms with Gasteiger partial charge in [0.05, 0.1) is 12.6 Å². The van der Waals surface area contributed by atoms with E-state index < -0.39 is 18.8 Å². The zero-order valence-electron chi connectivity index (χ0n) is 12.7. The van der Waals surface area contributed by atoms with Crippen molar-refractivity contribution in [2.75, 3.05) is 19.6 Å². The Kier molecular flexibility index (Phi) is 7.18. The molecular weight excluding hydrogens is 279 g/mol. The van der Waals surface area contributed by atoms with Gasteiger partial charge in [-0.2, -0.15) is 13.2 Å². The van der Waals surface area contributed by atoms with E-state index in [4.69, 9.17) is 0 Å². The maximum absolute atomic E-state index is 12.5. The smallest absolute Gasteiger partial charge is 0.387 e. The third-order valence-electron chi connectivity index (χ3n) is 3.28. The number of hydrogen-bond acceptors (Lipinski definition) is 2. The molecule has 1 rings (SSSR count). The molecule has 0 heterocycles. The summed E-state index contributed by atoms with van der Waals surface area (Å²) in [6.45, 7) is 3.26. The molecule has 5 heteroatoms. The fraction of sp³-hybridized carbons (Fsp3) is 0.625. The molecule has 0 aliphatic carbocycles. The van der Waals surface area contributed by atoms with Crippen LogP contribution in [0.3, 0.4) is 0 Å². The molecule has 0 spiro atoms. The van der Waals surface area contributed by atoms with Gasteiger partial charge in [-0.05, 0) is 30.5 Å². The molecule has 2 nitrogen and oxygen atoms in total. The Morgan fingerprint density at radius 1 is 1.10 bits per heavy atom. The summed E-state index contributed by atoms with van der Waals surface area (Å²) < 4.78 is 37.5. The van der Waals surface area contributed by atoms with Crippen molar-refractivity contribution in [3.05, 3.63) is 35.4 Å². The Balaban J connectivity index is 2.65. The second-order valence-corrected chi connectivity index (χ2v) is 5.36. The average molecular weight is 303 g/mol. The van der Waals surface area contributed by atoms with Crippen molar-refractivity contribution in [2.45, 2.75) is 45.4 Å². The summed E-state index contributed by atoms with van der Waals surface area (Å²) in [4.78, 5) is 1.25. The summed E-state index contributed by atoms with van der Waals surface area (Å²) in [7, 11) is 0. The summed E-state index contributed by atoms with van der Waals surface area (Å²) in [5.41, 5.74) is 1.84. The fourth-order valence-corrected chi connectivity index (χ4v) is 2.35. The van der Waals surface area contributed by atoms with Crippen LogP contribution in [0.15, 0.2) is 24.3 Å². The molecule has 120 valence electrons. The van der Waals surface area contributed by atoms with E-state index in [2.05, 4.69) is 6.92 Å². The number of benzene rings is 1. The molecule has 0 bridgehead atoms. The van der Waals surface area contributed by atoms with Crippen LogP contribution >= 0.6 is 0 Å². The number of rotatable bonds is 8. The van der Waals surface area contributed by atoms with Crippen molar-refractivity contribution >= 4 is 0 Å². The Bertz CT molecular complexity index is 403. The van der Waals surface area contributed by atoms with Gasteiger partial charge < -0.3 is 5.11 Å². The second-order valence-electron chi connectivity index (χ2n) is 5.36. The van der Waals surface area contributed by atoms with E-state index >= 15 is 0 Å². The minimum atomic E-state index is -4.24. The van der Waals surface area contributed by atoms with E-state index in [-0.39, 0.29) is 6.54 Å². The zero-order valence-corrected chi connectivity index (χ0v) is 12.7. The van der Waals surface area contributed by atoms with Crippen LogP contribution in [-0.4, -0.2) is 35.8 Å². The highest BCUT2D eigenvalue weighted by Gasteiger charge is 2.31. The van der Waals surface area contributed by atoms with E-state index in [0.29, 0.717) is 18.5 Å². The quantitative estimate of drug-likeness (QED) is 0.786. The van der Waals surface area contributed by atoms with Gasteiger partial charge >= 0.3 is 6.18 Å². The summed E-state index contributed by atoms with van der Waals surface area (Å²) in [5.74, 6) is 0. The number of aliphatic hydroxyl groups is 1. The number of alkyl halides is 3. The van der Waals surface area contributed by atoms with Gasteiger partial charge in [0.2, 0.25) is 0 Å². The van der Waals surface area contributed by atoms with Gasteiger partial charge in [-0.15, -0.1) is 0 Å². The van der Waals surface area contributed by atoms with Crippen LogP contribution in [0.4, 0.5) is 13.2 Å². The van der Waals surface area contributed by atoms with Crippen molar-refractivity contribution in [2.24, 2.45) is 0 Å². The minimum absolute atomic E-state index is 0.000471. The number of aliphatic hydroxyl groups excluding tert-OH is 1. The molecule has 0 saturated heterocycles. The predicted octanol–water partition coefficient (Wildman–Crippen LogP) is 3.95. The van der Waals surface area contributed by atoms with Crippen molar-refractivity contribution in [3.63, 3.8) is 0 Å². The molecule has 0 aromatic heterocycles. The maximum Gasteiger partial charge on any atom is 0.401 e. The topological polar surface area (TPSA) is 23.5 Å². The van der Waals surface area contributed by atoms with Gasteiger partial charge in [0.25, 0.3) is 0 Å². The highest BCUT2D eigenvalue weighted by atomic mass is 19.4. The first-order valence-electron chi connectivity index (χ1n) is 7.41. The molecule has 0 amide bonds. The van der Waals surface area contributed by atoms with Gasteiger partial charge in [-0.3, -0.25) is 4.90 Å². The van der Waals surface area contributed by atoms with E-state index in [1.54, 1.807) is 12.1 Å². The lowest BCUT2D eigenvalue weighted by Crippen LogP contribution is -2.37. The molecule has 1 N–H and O–H groups in total. The molecule has 1 unspecified atom stereocenters. The van der Waals surface area contributed by atoms with Gasteiger partial charge in [-0.25, -0.2) is 0 Å². The lowest BCUT2D eigenvalue weighted by Gasteiger charge is -2.25. The number of nitrogens with zero attached hydrogens (tertiary/aromatic N) is 1. The van der Waals surface area contributed by atoms with Crippen LogP contribution < -0.4 is 0 Å². The average Bonchev–Trinajstić information content (AvgIpc) is 2.38. The highest BCUT2D eigenvalue weighted by Crippen LogP contribution is 2.20. The molecule has 21 heavy (non-hydrogen) atoms. The minimum Gasteiger partial charge on any atom is -0.387 e. The first-order valence-corrected chi connectivity index (χ1v) is 7.41. The number of aryl methyl sites for hydroxylation is 1. The van der Waals surface area contributed by atoms with E-state index in [1.165, 1.54) is 10.5 Å². The predicted molar refractivity (Wildman–Crippen MR) is 78.2 cm³/mol. The van der Waals surface area contributed by atoms with E-state index in [9.17, 15) is 18.3 Å². The van der Waals surface area contributed by atoms with Crippen molar-refractivity contribution < 1.29 is 18.3 Å². The van der Waals surface area contributed by atoms with E-state index in [1.807, 2.05) is 19.1 Å². The maximum atomic E-state index is 12.5. The van der Waals surface area contributed by atoms with Gasteiger partial charge in [0.15, 0.2) is 0 Å². The fourth-order valence-electron chi connectivity index (χ4n) is 2.35. The highest BCUT2D eigenvalue weighted by molar-refractivity contribution is 5.24. The molecule has 0 fully saturated rings. The van der Waals surface area contributed by atoms with Crippen LogP contribution in [0.25, 0.3) is 0 Å². The molecular formula is C16H24F3NO. The third-order valence-corrected chi connectivity index (χ3v) is 3.28. The molecule has 0 aliphatic rings. The van der Waals surface area contributed by atoms with Crippen molar-refractivity contribution in [1.82, 2.24) is 4.90 Å². The van der Waals surface area contributed by atoms with Crippen LogP contribution in [0.2, 0.25) is 0 Å². The first-order chi connectivity index (χ1) is 9.85. The Morgan fingerprint density at radius 2 is 1.71 bits per heavy atom. The molecule has 1 atom stereocenters. The zero-order chi connectivity index (χ0) is 15.9. The number of hydrogen-bond donors (Lipinski definition) is 1. The Hall–Kier alpha value is -1.07. The second kappa shape index (κ2) is 8.39. The van der Waals surface area contributed by atoms with Crippen LogP contribution in [0.5, 0.6) is 0 Å². The van der Waals surface area contributed by atoms with Gasteiger partial charge in [0, 0.05) is 6.54 Å². The summed E-state index contributed by atoms with van der Waals surface area (Å²) >= 11 is 0. The first kappa shape index (κ1) is 18.0. The molecule has 0 aliphatic heterocycles. The summed E-state index contributed by atoms with van der Waals surface area (Å²) in [6, 6.07) is 7.45. The van der Waals surface area contributed by atoms with Gasteiger partial charge in [-0.1, -0.05) is 44.5 Å².